The predicted octanol–water partition coefficient (Wildman–Crippen LogP) is 1.33. The molecule has 5 nitrogen and oxygen atoms in total. The first-order chi connectivity index (χ1) is 8.33. The van der Waals surface area contributed by atoms with Crippen molar-refractivity contribution in [3.8, 4) is 0 Å². The van der Waals surface area contributed by atoms with Gasteiger partial charge in [-0.05, 0) is 19.3 Å². The smallest absolute Gasteiger partial charge is 0.197 e. The van der Waals surface area contributed by atoms with Crippen molar-refractivity contribution in [3.05, 3.63) is 17.8 Å². The number of rotatable bonds is 3. The maximum atomic E-state index is 5.69. The largest absolute Gasteiger partial charge is 0.444 e. The second-order valence-corrected chi connectivity index (χ2v) is 4.77. The first kappa shape index (κ1) is 10.6. The second-order valence-electron chi connectivity index (χ2n) is 4.77. The van der Waals surface area contributed by atoms with Crippen LogP contribution in [0.15, 0.2) is 15.6 Å². The van der Waals surface area contributed by atoms with E-state index in [2.05, 4.69) is 27.2 Å². The van der Waals surface area contributed by atoms with Gasteiger partial charge in [0.25, 0.3) is 0 Å². The molecule has 0 bridgehead atoms. The summed E-state index contributed by atoms with van der Waals surface area (Å²) >= 11 is 0. The highest BCUT2D eigenvalue weighted by Crippen LogP contribution is 2.39. The third-order valence-corrected chi connectivity index (χ3v) is 3.19. The summed E-state index contributed by atoms with van der Waals surface area (Å²) < 4.78 is 5.69. The predicted molar refractivity (Wildman–Crippen MR) is 64.9 cm³/mol. The number of aliphatic imine (C=N–C) groups is 1. The maximum Gasteiger partial charge on any atom is 0.197 e. The van der Waals surface area contributed by atoms with Gasteiger partial charge in [-0.3, -0.25) is 4.99 Å². The molecule has 0 spiro atoms. The highest BCUT2D eigenvalue weighted by molar-refractivity contribution is 5.80. The Bertz CT molecular complexity index is 422. The molecule has 0 amide bonds. The van der Waals surface area contributed by atoms with Crippen LogP contribution in [0.4, 0.5) is 0 Å². The standard InChI is InChI=1S/C12H18N4O/c1-16-6-2-5-13-12(16)15-8-10-7-14-11(17-10)9-3-4-9/h7,9H,2-6,8H2,1H3,(H,13,15). The average Bonchev–Trinajstić information content (AvgIpc) is 3.08. The summed E-state index contributed by atoms with van der Waals surface area (Å²) in [6.45, 7) is 2.65. The number of nitrogens with zero attached hydrogens (tertiary/aromatic N) is 3. The fourth-order valence-electron chi connectivity index (χ4n) is 2.00. The normalized spacial score (nSPS) is 20.3. The van der Waals surface area contributed by atoms with Crippen molar-refractivity contribution < 1.29 is 4.42 Å². The van der Waals surface area contributed by atoms with Gasteiger partial charge in [0.1, 0.15) is 5.76 Å². The van der Waals surface area contributed by atoms with Crippen LogP contribution in [0.1, 0.15) is 36.8 Å². The van der Waals surface area contributed by atoms with Gasteiger partial charge in [-0.25, -0.2) is 4.98 Å². The van der Waals surface area contributed by atoms with Crippen LogP contribution in [0, 0.1) is 0 Å². The molecule has 1 aliphatic heterocycles. The molecule has 2 heterocycles. The van der Waals surface area contributed by atoms with E-state index in [9.17, 15) is 0 Å². The Morgan fingerprint density at radius 1 is 1.53 bits per heavy atom. The van der Waals surface area contributed by atoms with E-state index in [1.54, 1.807) is 0 Å². The summed E-state index contributed by atoms with van der Waals surface area (Å²) in [4.78, 5) is 10.9. The monoisotopic (exact) mass is 234 g/mol. The molecule has 92 valence electrons. The third-order valence-electron chi connectivity index (χ3n) is 3.19. The van der Waals surface area contributed by atoms with E-state index in [1.807, 2.05) is 6.20 Å². The molecular weight excluding hydrogens is 216 g/mol. The molecule has 0 saturated heterocycles. The zero-order valence-electron chi connectivity index (χ0n) is 10.1. The van der Waals surface area contributed by atoms with Gasteiger partial charge in [0.15, 0.2) is 11.9 Å². The molecule has 0 unspecified atom stereocenters. The van der Waals surface area contributed by atoms with Gasteiger partial charge >= 0.3 is 0 Å². The van der Waals surface area contributed by atoms with Crippen molar-refractivity contribution in [1.29, 1.82) is 0 Å². The Morgan fingerprint density at radius 2 is 2.41 bits per heavy atom. The molecular formula is C12H18N4O. The molecule has 1 aromatic heterocycles. The van der Waals surface area contributed by atoms with Crippen LogP contribution >= 0.6 is 0 Å². The van der Waals surface area contributed by atoms with E-state index in [4.69, 9.17) is 4.42 Å². The quantitative estimate of drug-likeness (QED) is 0.857. The Kier molecular flexibility index (Phi) is 2.74. The van der Waals surface area contributed by atoms with E-state index >= 15 is 0 Å². The van der Waals surface area contributed by atoms with Crippen molar-refractivity contribution in [2.24, 2.45) is 4.99 Å². The van der Waals surface area contributed by atoms with E-state index in [1.165, 1.54) is 12.8 Å². The number of nitrogens with one attached hydrogen (secondary N) is 1. The van der Waals surface area contributed by atoms with E-state index in [0.717, 1.165) is 37.1 Å². The van der Waals surface area contributed by atoms with Crippen molar-refractivity contribution in [2.75, 3.05) is 20.1 Å². The number of oxazole rings is 1. The summed E-state index contributed by atoms with van der Waals surface area (Å²) in [5, 5.41) is 3.30. The van der Waals surface area contributed by atoms with Gasteiger partial charge in [0, 0.05) is 26.1 Å². The lowest BCUT2D eigenvalue weighted by Gasteiger charge is -2.25. The Morgan fingerprint density at radius 3 is 3.18 bits per heavy atom. The zero-order chi connectivity index (χ0) is 11.7. The van der Waals surface area contributed by atoms with Crippen molar-refractivity contribution >= 4 is 5.96 Å². The summed E-state index contributed by atoms with van der Waals surface area (Å²) in [6.07, 6.45) is 5.41. The summed E-state index contributed by atoms with van der Waals surface area (Å²) in [5.41, 5.74) is 0. The van der Waals surface area contributed by atoms with Crippen LogP contribution < -0.4 is 5.32 Å². The van der Waals surface area contributed by atoms with Crippen LogP contribution in [-0.2, 0) is 6.54 Å². The minimum atomic E-state index is 0.582. The molecule has 1 saturated carbocycles. The second kappa shape index (κ2) is 4.39. The van der Waals surface area contributed by atoms with Gasteiger partial charge in [-0.15, -0.1) is 0 Å². The van der Waals surface area contributed by atoms with Crippen molar-refractivity contribution in [1.82, 2.24) is 15.2 Å². The first-order valence-electron chi connectivity index (χ1n) is 6.27. The van der Waals surface area contributed by atoms with Gasteiger partial charge in [0.2, 0.25) is 0 Å². The lowest BCUT2D eigenvalue weighted by atomic mass is 10.3. The maximum absolute atomic E-state index is 5.69. The molecule has 2 aliphatic rings. The van der Waals surface area contributed by atoms with Crippen LogP contribution in [0.25, 0.3) is 0 Å². The number of hydrogen-bond acceptors (Lipinski definition) is 5. The van der Waals surface area contributed by atoms with E-state index < -0.39 is 0 Å². The third kappa shape index (κ3) is 2.43. The Hall–Kier alpha value is -1.52. The molecule has 17 heavy (non-hydrogen) atoms. The SMILES string of the molecule is CN1CCCN=C1NCc1cnc(C2CC2)o1. The van der Waals surface area contributed by atoms with Gasteiger partial charge < -0.3 is 14.6 Å². The number of aromatic nitrogens is 1. The topological polar surface area (TPSA) is 53.7 Å². The zero-order valence-corrected chi connectivity index (χ0v) is 10.1. The molecule has 1 aliphatic carbocycles. The van der Waals surface area contributed by atoms with Crippen LogP contribution in [0.3, 0.4) is 0 Å². The Labute approximate surface area is 101 Å². The molecule has 0 aromatic carbocycles. The molecule has 0 radical (unpaired) electrons. The van der Waals surface area contributed by atoms with Crippen LogP contribution in [0.2, 0.25) is 0 Å². The van der Waals surface area contributed by atoms with Crippen LogP contribution in [-0.4, -0.2) is 36.0 Å². The van der Waals surface area contributed by atoms with Crippen molar-refractivity contribution in [3.63, 3.8) is 0 Å². The molecule has 1 N–H and O–H groups in total. The summed E-state index contributed by atoms with van der Waals surface area (Å²) in [5.74, 6) is 3.34. The van der Waals surface area contributed by atoms with Crippen LogP contribution in [0.5, 0.6) is 0 Å². The van der Waals surface area contributed by atoms with Gasteiger partial charge in [-0.1, -0.05) is 0 Å². The lowest BCUT2D eigenvalue weighted by molar-refractivity contribution is 0.425. The molecule has 3 rings (SSSR count). The molecule has 5 heteroatoms. The molecule has 0 atom stereocenters. The fraction of sp³-hybridized carbons (Fsp3) is 0.667. The minimum absolute atomic E-state index is 0.582. The minimum Gasteiger partial charge on any atom is -0.444 e. The summed E-state index contributed by atoms with van der Waals surface area (Å²) in [7, 11) is 2.06. The van der Waals surface area contributed by atoms with E-state index in [0.29, 0.717) is 12.5 Å². The molecule has 1 aromatic rings. The lowest BCUT2D eigenvalue weighted by Crippen LogP contribution is -2.41. The number of hydrogen-bond donors (Lipinski definition) is 1. The van der Waals surface area contributed by atoms with Gasteiger partial charge in [-0.2, -0.15) is 0 Å². The van der Waals surface area contributed by atoms with E-state index in [-0.39, 0.29) is 0 Å². The fourth-order valence-corrected chi connectivity index (χ4v) is 2.00. The highest BCUT2D eigenvalue weighted by Gasteiger charge is 2.28. The van der Waals surface area contributed by atoms with Crippen molar-refractivity contribution in [2.45, 2.75) is 31.7 Å². The first-order valence-corrected chi connectivity index (χ1v) is 6.27. The summed E-state index contributed by atoms with van der Waals surface area (Å²) in [6, 6.07) is 0. The number of guanidine groups is 1. The highest BCUT2D eigenvalue weighted by atomic mass is 16.4. The van der Waals surface area contributed by atoms with Gasteiger partial charge in [0.05, 0.1) is 12.7 Å². The molecule has 1 fully saturated rings. The average molecular weight is 234 g/mol. The Balaban J connectivity index is 1.57.